The Bertz CT molecular complexity index is 442. The Morgan fingerprint density at radius 2 is 2.06 bits per heavy atom. The van der Waals surface area contributed by atoms with Gasteiger partial charge in [0, 0.05) is 0 Å². The number of anilines is 1. The average Bonchev–Trinajstić information content (AvgIpc) is 2.34. The first-order valence-electron chi connectivity index (χ1n) is 5.11. The van der Waals surface area contributed by atoms with Crippen molar-refractivity contribution in [3.05, 3.63) is 29.8 Å². The van der Waals surface area contributed by atoms with E-state index in [2.05, 4.69) is 10.9 Å². The number of nitrogens with zero attached hydrogens (tertiary/aromatic N) is 1. The molecule has 0 aliphatic rings. The lowest BCUT2D eigenvalue weighted by Gasteiger charge is -2.23. The van der Waals surface area contributed by atoms with E-state index in [9.17, 15) is 18.3 Å². The van der Waals surface area contributed by atoms with Gasteiger partial charge in [-0.1, -0.05) is 6.07 Å². The number of nitriles is 1. The minimum atomic E-state index is -4.48. The molecule has 0 aliphatic carbocycles. The summed E-state index contributed by atoms with van der Waals surface area (Å²) >= 11 is 0. The fourth-order valence-electron chi connectivity index (χ4n) is 1.13. The zero-order valence-electron chi connectivity index (χ0n) is 9.49. The predicted octanol–water partition coefficient (Wildman–Crippen LogP) is 1.99. The van der Waals surface area contributed by atoms with Crippen molar-refractivity contribution in [2.24, 2.45) is 5.92 Å². The molecule has 0 aromatic heterocycles. The lowest BCUT2D eigenvalue weighted by atomic mass is 10.1. The fourth-order valence-corrected chi connectivity index (χ4v) is 1.13. The Morgan fingerprint density at radius 1 is 1.39 bits per heavy atom. The highest BCUT2D eigenvalue weighted by Crippen LogP contribution is 2.27. The Morgan fingerprint density at radius 3 is 2.61 bits per heavy atom. The van der Waals surface area contributed by atoms with Gasteiger partial charge in [0.25, 0.3) is 0 Å². The summed E-state index contributed by atoms with van der Waals surface area (Å²) in [5.74, 6) is -1.91. The summed E-state index contributed by atoms with van der Waals surface area (Å²) in [5, 5.41) is 17.9. The molecule has 1 rings (SSSR count). The molecular weight excluding hydrogens is 247 g/mol. The Kier molecular flexibility index (Phi) is 4.53. The number of hydrogen-bond donors (Lipinski definition) is 3. The van der Waals surface area contributed by atoms with Gasteiger partial charge in [0.1, 0.15) is 6.23 Å². The van der Waals surface area contributed by atoms with Gasteiger partial charge >= 0.3 is 6.18 Å². The molecule has 0 spiro atoms. The minimum Gasteiger partial charge on any atom is -0.376 e. The highest BCUT2D eigenvalue weighted by molar-refractivity contribution is 5.48. The van der Waals surface area contributed by atoms with E-state index in [1.54, 1.807) is 18.2 Å². The summed E-state index contributed by atoms with van der Waals surface area (Å²) in [5.41, 5.74) is 5.31. The molecule has 4 nitrogen and oxygen atoms in total. The molecule has 18 heavy (non-hydrogen) atoms. The average molecular weight is 259 g/mol. The van der Waals surface area contributed by atoms with E-state index in [-0.39, 0.29) is 0 Å². The number of benzene rings is 1. The molecule has 3 N–H and O–H groups in total. The number of nitrogens with one attached hydrogen (secondary N) is 2. The molecule has 0 saturated carbocycles. The largest absolute Gasteiger partial charge is 0.395 e. The summed E-state index contributed by atoms with van der Waals surface area (Å²) < 4.78 is 36.8. The van der Waals surface area contributed by atoms with Crippen LogP contribution in [0.3, 0.4) is 0 Å². The van der Waals surface area contributed by atoms with E-state index < -0.39 is 18.3 Å². The van der Waals surface area contributed by atoms with Crippen molar-refractivity contribution < 1.29 is 18.3 Å². The molecule has 0 aliphatic heterocycles. The van der Waals surface area contributed by atoms with Crippen molar-refractivity contribution in [1.29, 1.82) is 5.26 Å². The maximum Gasteiger partial charge on any atom is 0.395 e. The maximum atomic E-state index is 12.3. The van der Waals surface area contributed by atoms with Crippen LogP contribution in [0.5, 0.6) is 0 Å². The molecule has 1 aromatic rings. The number of halogens is 3. The minimum absolute atomic E-state index is 0.361. The molecular formula is C11H12F3N3O. The van der Waals surface area contributed by atoms with Crippen molar-refractivity contribution in [2.45, 2.75) is 19.3 Å². The zero-order chi connectivity index (χ0) is 13.8. The summed E-state index contributed by atoms with van der Waals surface area (Å²) in [6, 6.07) is 8.02. The lowest BCUT2D eigenvalue weighted by molar-refractivity contribution is -0.197. The van der Waals surface area contributed by atoms with Crippen LogP contribution < -0.4 is 10.9 Å². The van der Waals surface area contributed by atoms with Gasteiger partial charge in [-0.2, -0.15) is 18.4 Å². The topological polar surface area (TPSA) is 68.1 Å². The quantitative estimate of drug-likeness (QED) is 0.571. The van der Waals surface area contributed by atoms with Crippen LogP contribution in [0.2, 0.25) is 0 Å². The zero-order valence-corrected chi connectivity index (χ0v) is 9.49. The van der Waals surface area contributed by atoms with Crippen molar-refractivity contribution in [2.75, 3.05) is 5.43 Å². The van der Waals surface area contributed by atoms with Crippen molar-refractivity contribution in [3.8, 4) is 6.07 Å². The van der Waals surface area contributed by atoms with Crippen LogP contribution in [-0.4, -0.2) is 17.5 Å². The summed E-state index contributed by atoms with van der Waals surface area (Å²) in [6.07, 6.45) is -6.27. The van der Waals surface area contributed by atoms with Gasteiger partial charge in [-0.25, -0.2) is 5.43 Å². The molecule has 98 valence electrons. The van der Waals surface area contributed by atoms with Crippen LogP contribution in [0, 0.1) is 17.2 Å². The van der Waals surface area contributed by atoms with Gasteiger partial charge in [-0.3, -0.25) is 0 Å². The van der Waals surface area contributed by atoms with Crippen LogP contribution in [0.25, 0.3) is 0 Å². The number of aliphatic hydroxyl groups is 1. The third-order valence-electron chi connectivity index (χ3n) is 2.35. The smallest absolute Gasteiger partial charge is 0.376 e. The normalized spacial score (nSPS) is 14.7. The molecule has 0 amide bonds. The van der Waals surface area contributed by atoms with Gasteiger partial charge in [0.15, 0.2) is 0 Å². The van der Waals surface area contributed by atoms with Crippen LogP contribution in [0.4, 0.5) is 18.9 Å². The molecule has 0 fully saturated rings. The standard InChI is InChI=1S/C11H12F3N3O/c1-7(11(12,13)14)10(18)17-16-9-4-2-3-8(5-9)6-15/h2-5,7,10,16-18H,1H3/t7?,10-/m0/s1. The molecule has 1 unspecified atom stereocenters. The van der Waals surface area contributed by atoms with Gasteiger partial charge < -0.3 is 10.5 Å². The molecule has 0 saturated heterocycles. The first kappa shape index (κ1) is 14.3. The number of hydrazine groups is 1. The summed E-state index contributed by atoms with van der Waals surface area (Å²) in [4.78, 5) is 0. The van der Waals surface area contributed by atoms with E-state index in [1.165, 1.54) is 6.07 Å². The van der Waals surface area contributed by atoms with E-state index in [0.29, 0.717) is 11.3 Å². The molecule has 0 bridgehead atoms. The lowest BCUT2D eigenvalue weighted by Crippen LogP contribution is -2.44. The fraction of sp³-hybridized carbons (Fsp3) is 0.364. The van der Waals surface area contributed by atoms with E-state index >= 15 is 0 Å². The highest BCUT2D eigenvalue weighted by Gasteiger charge is 2.40. The van der Waals surface area contributed by atoms with Crippen molar-refractivity contribution in [3.63, 3.8) is 0 Å². The van der Waals surface area contributed by atoms with Crippen LogP contribution >= 0.6 is 0 Å². The summed E-state index contributed by atoms with van der Waals surface area (Å²) in [7, 11) is 0. The molecule has 2 atom stereocenters. The third-order valence-corrected chi connectivity index (χ3v) is 2.35. The summed E-state index contributed by atoms with van der Waals surface area (Å²) in [6.45, 7) is 0.866. The first-order chi connectivity index (χ1) is 8.34. The SMILES string of the molecule is CC([C@H](O)NNc1cccc(C#N)c1)C(F)(F)F. The maximum absolute atomic E-state index is 12.3. The second kappa shape index (κ2) is 5.71. The number of rotatable bonds is 4. The number of alkyl halides is 3. The molecule has 1 aromatic carbocycles. The predicted molar refractivity (Wildman–Crippen MR) is 59.1 cm³/mol. The van der Waals surface area contributed by atoms with Crippen LogP contribution in [-0.2, 0) is 0 Å². The Labute approximate surface area is 102 Å². The van der Waals surface area contributed by atoms with Crippen LogP contribution in [0.1, 0.15) is 12.5 Å². The van der Waals surface area contributed by atoms with E-state index in [0.717, 1.165) is 6.92 Å². The van der Waals surface area contributed by atoms with Gasteiger partial charge in [0.05, 0.1) is 23.2 Å². The monoisotopic (exact) mass is 259 g/mol. The second-order valence-electron chi connectivity index (χ2n) is 3.74. The molecule has 7 heteroatoms. The Hall–Kier alpha value is -1.78. The molecule has 0 heterocycles. The number of hydrogen-bond acceptors (Lipinski definition) is 4. The van der Waals surface area contributed by atoms with Crippen molar-refractivity contribution >= 4 is 5.69 Å². The highest BCUT2D eigenvalue weighted by atomic mass is 19.4. The first-order valence-corrected chi connectivity index (χ1v) is 5.11. The van der Waals surface area contributed by atoms with Crippen LogP contribution in [0.15, 0.2) is 24.3 Å². The van der Waals surface area contributed by atoms with Gasteiger partial charge in [0.2, 0.25) is 0 Å². The van der Waals surface area contributed by atoms with Gasteiger partial charge in [-0.05, 0) is 25.1 Å². The van der Waals surface area contributed by atoms with E-state index in [1.807, 2.05) is 6.07 Å². The second-order valence-corrected chi connectivity index (χ2v) is 3.74. The third kappa shape index (κ3) is 3.91. The van der Waals surface area contributed by atoms with E-state index in [4.69, 9.17) is 5.26 Å². The Balaban J connectivity index is 2.57. The number of aliphatic hydroxyl groups excluding tert-OH is 1. The molecule has 0 radical (unpaired) electrons. The van der Waals surface area contributed by atoms with Gasteiger partial charge in [-0.15, -0.1) is 0 Å². The van der Waals surface area contributed by atoms with Crippen molar-refractivity contribution in [1.82, 2.24) is 5.43 Å².